The zero-order valence-corrected chi connectivity index (χ0v) is 10.7. The van der Waals surface area contributed by atoms with Crippen LogP contribution in [-0.4, -0.2) is 13.1 Å². The molecule has 0 bridgehead atoms. The number of methoxy groups -OCH3 is 1. The van der Waals surface area contributed by atoms with Gasteiger partial charge in [0.25, 0.3) is 0 Å². The van der Waals surface area contributed by atoms with Crippen molar-refractivity contribution in [3.05, 3.63) is 34.4 Å². The van der Waals surface area contributed by atoms with Crippen molar-refractivity contribution in [2.45, 2.75) is 11.5 Å². The number of halogens is 4. The van der Waals surface area contributed by atoms with E-state index in [4.69, 9.17) is 5.26 Å². The molecule has 0 aromatic heterocycles. The fourth-order valence-corrected chi connectivity index (χ4v) is 1.95. The predicted molar refractivity (Wildman–Crippen MR) is 60.1 cm³/mol. The average molecular weight is 322 g/mol. The molecular formula is C11H7BrF3NO2. The molecule has 3 nitrogen and oxygen atoms in total. The van der Waals surface area contributed by atoms with Crippen LogP contribution in [0.1, 0.15) is 27.0 Å². The van der Waals surface area contributed by atoms with Crippen molar-refractivity contribution in [1.82, 2.24) is 0 Å². The van der Waals surface area contributed by atoms with Gasteiger partial charge in [-0.15, -0.1) is 0 Å². The average Bonchev–Trinajstić information content (AvgIpc) is 2.34. The summed E-state index contributed by atoms with van der Waals surface area (Å²) in [4.78, 5) is 11.5. The van der Waals surface area contributed by atoms with Crippen molar-refractivity contribution in [3.8, 4) is 6.07 Å². The van der Waals surface area contributed by atoms with Crippen LogP contribution in [0.4, 0.5) is 13.2 Å². The lowest BCUT2D eigenvalue weighted by Gasteiger charge is -2.15. The van der Waals surface area contributed by atoms with Crippen molar-refractivity contribution >= 4 is 21.9 Å². The van der Waals surface area contributed by atoms with Gasteiger partial charge in [0, 0.05) is 5.33 Å². The van der Waals surface area contributed by atoms with Gasteiger partial charge < -0.3 is 4.74 Å². The Balaban J connectivity index is 3.71. The second kappa shape index (κ2) is 5.40. The molecule has 0 aliphatic heterocycles. The van der Waals surface area contributed by atoms with E-state index in [1.807, 2.05) is 0 Å². The Morgan fingerprint density at radius 2 is 2.11 bits per heavy atom. The summed E-state index contributed by atoms with van der Waals surface area (Å²) in [6.07, 6.45) is -4.80. The number of carbonyl (C=O) groups is 1. The van der Waals surface area contributed by atoms with E-state index < -0.39 is 28.8 Å². The lowest BCUT2D eigenvalue weighted by Crippen LogP contribution is -2.18. The van der Waals surface area contributed by atoms with Crippen LogP contribution in [0.2, 0.25) is 0 Å². The van der Waals surface area contributed by atoms with E-state index in [0.29, 0.717) is 0 Å². The summed E-state index contributed by atoms with van der Waals surface area (Å²) in [6.45, 7) is 0. The summed E-state index contributed by atoms with van der Waals surface area (Å²) in [7, 11) is 0.986. The van der Waals surface area contributed by atoms with Gasteiger partial charge in [-0.2, -0.15) is 18.4 Å². The molecule has 0 spiro atoms. The highest BCUT2D eigenvalue weighted by atomic mass is 79.9. The molecule has 0 amide bonds. The fraction of sp³-hybridized carbons (Fsp3) is 0.273. The third-order valence-electron chi connectivity index (χ3n) is 2.23. The molecule has 0 unspecified atom stereocenters. The Labute approximate surface area is 109 Å². The van der Waals surface area contributed by atoms with Crippen LogP contribution in [0, 0.1) is 11.3 Å². The zero-order chi connectivity index (χ0) is 13.9. The molecule has 7 heteroatoms. The van der Waals surface area contributed by atoms with Gasteiger partial charge in [0.15, 0.2) is 0 Å². The Kier molecular flexibility index (Phi) is 4.35. The summed E-state index contributed by atoms with van der Waals surface area (Å²) >= 11 is 3.00. The quantitative estimate of drug-likeness (QED) is 0.620. The molecule has 1 rings (SSSR count). The second-order valence-corrected chi connectivity index (χ2v) is 3.82. The largest absolute Gasteiger partial charge is 0.465 e. The maximum absolute atomic E-state index is 12.9. The Morgan fingerprint density at radius 3 is 2.50 bits per heavy atom. The highest BCUT2D eigenvalue weighted by Crippen LogP contribution is 2.36. The minimum Gasteiger partial charge on any atom is -0.465 e. The summed E-state index contributed by atoms with van der Waals surface area (Å²) in [5.74, 6) is -1.12. The first kappa shape index (κ1) is 14.5. The summed E-state index contributed by atoms with van der Waals surface area (Å²) < 4.78 is 43.1. The molecule has 0 aliphatic rings. The third-order valence-corrected chi connectivity index (χ3v) is 2.83. The number of alkyl halides is 4. The fourth-order valence-electron chi connectivity index (χ4n) is 1.48. The topological polar surface area (TPSA) is 50.1 Å². The van der Waals surface area contributed by atoms with Crippen molar-refractivity contribution in [1.29, 1.82) is 5.26 Å². The molecule has 18 heavy (non-hydrogen) atoms. The monoisotopic (exact) mass is 321 g/mol. The van der Waals surface area contributed by atoms with E-state index in [0.717, 1.165) is 13.2 Å². The van der Waals surface area contributed by atoms with Crippen LogP contribution in [0.3, 0.4) is 0 Å². The number of ether oxygens (including phenoxy) is 1. The molecule has 0 heterocycles. The summed E-state index contributed by atoms with van der Waals surface area (Å²) in [6, 6.07) is 3.75. The van der Waals surface area contributed by atoms with Crippen LogP contribution >= 0.6 is 15.9 Å². The van der Waals surface area contributed by atoms with E-state index in [-0.39, 0.29) is 10.9 Å². The Hall–Kier alpha value is -1.55. The molecule has 0 saturated carbocycles. The SMILES string of the molecule is COC(=O)c1c(CBr)ccc(C#N)c1C(F)(F)F. The molecule has 0 fully saturated rings. The van der Waals surface area contributed by atoms with Crippen molar-refractivity contribution in [2.75, 3.05) is 7.11 Å². The molecular weight excluding hydrogens is 315 g/mol. The molecule has 0 atom stereocenters. The molecule has 1 aromatic carbocycles. The normalized spacial score (nSPS) is 10.9. The van der Waals surface area contributed by atoms with E-state index >= 15 is 0 Å². The molecule has 1 aromatic rings. The highest BCUT2D eigenvalue weighted by Gasteiger charge is 2.39. The second-order valence-electron chi connectivity index (χ2n) is 3.26. The van der Waals surface area contributed by atoms with Crippen molar-refractivity contribution < 1.29 is 22.7 Å². The first-order valence-corrected chi connectivity index (χ1v) is 5.76. The lowest BCUT2D eigenvalue weighted by molar-refractivity contribution is -0.138. The number of nitriles is 1. The van der Waals surface area contributed by atoms with Crippen LogP contribution in [0.5, 0.6) is 0 Å². The zero-order valence-electron chi connectivity index (χ0n) is 9.14. The molecule has 96 valence electrons. The number of esters is 1. The smallest absolute Gasteiger partial charge is 0.418 e. The molecule has 0 radical (unpaired) electrons. The number of rotatable bonds is 2. The first-order chi connectivity index (χ1) is 8.36. The van der Waals surface area contributed by atoms with E-state index in [1.165, 1.54) is 12.1 Å². The van der Waals surface area contributed by atoms with Gasteiger partial charge in [-0.25, -0.2) is 4.79 Å². The number of carbonyl (C=O) groups excluding carboxylic acids is 1. The van der Waals surface area contributed by atoms with Gasteiger partial charge in [-0.3, -0.25) is 0 Å². The first-order valence-electron chi connectivity index (χ1n) is 4.64. The number of benzene rings is 1. The van der Waals surface area contributed by atoms with Crippen LogP contribution in [0.15, 0.2) is 12.1 Å². The van der Waals surface area contributed by atoms with Crippen LogP contribution in [0.25, 0.3) is 0 Å². The minimum atomic E-state index is -4.80. The van der Waals surface area contributed by atoms with Gasteiger partial charge in [-0.1, -0.05) is 22.0 Å². The van der Waals surface area contributed by atoms with E-state index in [9.17, 15) is 18.0 Å². The van der Waals surface area contributed by atoms with Crippen LogP contribution in [-0.2, 0) is 16.2 Å². The lowest BCUT2D eigenvalue weighted by atomic mass is 9.96. The van der Waals surface area contributed by atoms with Crippen molar-refractivity contribution in [3.63, 3.8) is 0 Å². The standard InChI is InChI=1S/C11H7BrF3NO2/c1-18-10(17)8-6(4-12)2-3-7(5-16)9(8)11(13,14)15/h2-3H,4H2,1H3. The molecule has 0 N–H and O–H groups in total. The van der Waals surface area contributed by atoms with Crippen LogP contribution < -0.4 is 0 Å². The molecule has 0 aliphatic carbocycles. The van der Waals surface area contributed by atoms with Crippen molar-refractivity contribution in [2.24, 2.45) is 0 Å². The maximum atomic E-state index is 12.9. The Bertz CT molecular complexity index is 520. The maximum Gasteiger partial charge on any atom is 0.418 e. The minimum absolute atomic E-state index is 0.0478. The van der Waals surface area contributed by atoms with E-state index in [1.54, 1.807) is 0 Å². The van der Waals surface area contributed by atoms with Gasteiger partial charge in [0.1, 0.15) is 0 Å². The predicted octanol–water partition coefficient (Wildman–Crippen LogP) is 3.26. The molecule has 0 saturated heterocycles. The van der Waals surface area contributed by atoms with E-state index in [2.05, 4.69) is 20.7 Å². The summed E-state index contributed by atoms with van der Waals surface area (Å²) in [5, 5.41) is 8.76. The summed E-state index contributed by atoms with van der Waals surface area (Å²) in [5.41, 5.74) is -2.37. The van der Waals surface area contributed by atoms with Gasteiger partial charge in [0.05, 0.1) is 29.9 Å². The third kappa shape index (κ3) is 2.64. The Morgan fingerprint density at radius 1 is 1.50 bits per heavy atom. The van der Waals surface area contributed by atoms with Gasteiger partial charge >= 0.3 is 12.1 Å². The van der Waals surface area contributed by atoms with Gasteiger partial charge in [0.2, 0.25) is 0 Å². The van der Waals surface area contributed by atoms with Gasteiger partial charge in [-0.05, 0) is 11.6 Å². The number of hydrogen-bond acceptors (Lipinski definition) is 3. The highest BCUT2D eigenvalue weighted by molar-refractivity contribution is 9.08. The number of nitrogens with zero attached hydrogens (tertiary/aromatic N) is 1. The number of hydrogen-bond donors (Lipinski definition) is 0.